The first kappa shape index (κ1) is 19.3. The number of hydrogen-bond donors (Lipinski definition) is 2. The quantitative estimate of drug-likeness (QED) is 0.620. The van der Waals surface area contributed by atoms with E-state index in [-0.39, 0.29) is 17.0 Å². The molecule has 1 aromatic carbocycles. The minimum Gasteiger partial charge on any atom is -0.368 e. The van der Waals surface area contributed by atoms with Gasteiger partial charge in [0, 0.05) is 11.4 Å². The van der Waals surface area contributed by atoms with Crippen molar-refractivity contribution in [2.75, 3.05) is 11.5 Å². The number of nitrogens with zero attached hydrogens (tertiary/aromatic N) is 3. The molecule has 1 heterocycles. The zero-order chi connectivity index (χ0) is 19.0. The van der Waals surface area contributed by atoms with Crippen LogP contribution in [-0.2, 0) is 12.7 Å². The fourth-order valence-electron chi connectivity index (χ4n) is 1.82. The Kier molecular flexibility index (Phi) is 5.18. The highest BCUT2D eigenvalue weighted by atomic mass is 32.2. The highest BCUT2D eigenvalue weighted by molar-refractivity contribution is 7.99. The Morgan fingerprint density at radius 2 is 1.76 bits per heavy atom. The average molecular weight is 389 g/mol. The topological polar surface area (TPSA) is 82.8 Å². The van der Waals surface area contributed by atoms with Crippen molar-refractivity contribution in [3.63, 3.8) is 0 Å². The first-order valence-corrected chi connectivity index (χ1v) is 7.43. The van der Waals surface area contributed by atoms with E-state index in [0.29, 0.717) is 16.4 Å². The van der Waals surface area contributed by atoms with Crippen LogP contribution in [0.5, 0.6) is 0 Å². The second-order valence-electron chi connectivity index (χ2n) is 4.72. The first-order chi connectivity index (χ1) is 11.4. The van der Waals surface area contributed by atoms with Crippen LogP contribution < -0.4 is 11.5 Å². The van der Waals surface area contributed by atoms with Gasteiger partial charge >= 0.3 is 12.4 Å². The lowest BCUT2D eigenvalue weighted by atomic mass is 10.2. The van der Waals surface area contributed by atoms with Gasteiger partial charge in [-0.05, 0) is 17.7 Å². The number of rotatable bonds is 4. The van der Waals surface area contributed by atoms with Gasteiger partial charge in [-0.25, -0.2) is 4.39 Å². The van der Waals surface area contributed by atoms with Crippen LogP contribution in [0.1, 0.15) is 11.4 Å². The Morgan fingerprint density at radius 1 is 1.12 bits per heavy atom. The summed E-state index contributed by atoms with van der Waals surface area (Å²) in [4.78, 5) is 2.93. The van der Waals surface area contributed by atoms with Crippen LogP contribution in [0.3, 0.4) is 0 Å². The number of nitrogens with two attached hydrogens (primary N) is 2. The van der Waals surface area contributed by atoms with E-state index in [2.05, 4.69) is 10.1 Å². The summed E-state index contributed by atoms with van der Waals surface area (Å²) in [5.41, 5.74) is 10.2. The number of aromatic nitrogens is 3. The fourth-order valence-corrected chi connectivity index (χ4v) is 2.66. The van der Waals surface area contributed by atoms with Crippen LogP contribution in [0.15, 0.2) is 17.0 Å². The Bertz CT molecular complexity index is 768. The normalized spacial score (nSPS) is 12.6. The van der Waals surface area contributed by atoms with Crippen molar-refractivity contribution in [2.45, 2.75) is 23.8 Å². The van der Waals surface area contributed by atoms with E-state index in [9.17, 15) is 30.7 Å². The maximum Gasteiger partial charge on any atom is 0.453 e. The third-order valence-electron chi connectivity index (χ3n) is 2.86. The van der Waals surface area contributed by atoms with Crippen LogP contribution >= 0.6 is 11.8 Å². The van der Waals surface area contributed by atoms with Gasteiger partial charge < -0.3 is 11.5 Å². The van der Waals surface area contributed by atoms with Gasteiger partial charge in [0.15, 0.2) is 0 Å². The maximum absolute atomic E-state index is 14.2. The number of alkyl halides is 6. The molecule has 0 aliphatic rings. The zero-order valence-electron chi connectivity index (χ0n) is 12.1. The summed E-state index contributed by atoms with van der Waals surface area (Å²) in [6, 6.07) is 1.72. The largest absolute Gasteiger partial charge is 0.453 e. The summed E-state index contributed by atoms with van der Waals surface area (Å²) in [6.07, 6.45) is -9.41. The number of nitrogen functional groups attached to an aromatic ring is 1. The van der Waals surface area contributed by atoms with Crippen molar-refractivity contribution in [1.82, 2.24) is 14.8 Å². The molecular formula is C12H10F7N5S. The molecule has 2 aromatic rings. The second-order valence-corrected chi connectivity index (χ2v) is 5.74. The average Bonchev–Trinajstić information content (AvgIpc) is 2.86. The standard InChI is InChI=1S/C12H10F7N5S/c13-6-1-5(3-20)8(25-4-11(14,15)16)2-7(6)24-10(21)22-9(23-24)12(17,18)19/h1-2H,3-4,20H2,(H2,21,22,23). The summed E-state index contributed by atoms with van der Waals surface area (Å²) >= 11 is 0.318. The predicted octanol–water partition coefficient (Wildman–Crippen LogP) is 3.12. The molecule has 1 aromatic heterocycles. The number of thioether (sulfide) groups is 1. The molecule has 0 atom stereocenters. The van der Waals surface area contributed by atoms with E-state index in [1.54, 1.807) is 0 Å². The minimum absolute atomic E-state index is 0.0558. The van der Waals surface area contributed by atoms with Crippen molar-refractivity contribution in [3.8, 4) is 5.69 Å². The molecule has 138 valence electrons. The third-order valence-corrected chi connectivity index (χ3v) is 4.02. The number of anilines is 1. The zero-order valence-corrected chi connectivity index (χ0v) is 12.9. The van der Waals surface area contributed by atoms with E-state index >= 15 is 0 Å². The lowest BCUT2D eigenvalue weighted by molar-refractivity contribution is -0.144. The molecular weight excluding hydrogens is 379 g/mol. The van der Waals surface area contributed by atoms with Gasteiger partial charge in [0.25, 0.3) is 5.82 Å². The van der Waals surface area contributed by atoms with Crippen LogP contribution in [0.25, 0.3) is 5.69 Å². The minimum atomic E-state index is -4.92. The van der Waals surface area contributed by atoms with Crippen molar-refractivity contribution < 1.29 is 30.7 Å². The van der Waals surface area contributed by atoms with E-state index in [1.807, 2.05) is 0 Å². The first-order valence-electron chi connectivity index (χ1n) is 6.44. The third kappa shape index (κ3) is 4.54. The predicted molar refractivity (Wildman–Crippen MR) is 75.4 cm³/mol. The lowest BCUT2D eigenvalue weighted by Crippen LogP contribution is -2.12. The lowest BCUT2D eigenvalue weighted by Gasteiger charge is -2.13. The van der Waals surface area contributed by atoms with Gasteiger partial charge in [0.2, 0.25) is 5.95 Å². The SMILES string of the molecule is NCc1cc(F)c(-n2nc(C(F)(F)F)nc2N)cc1SCC(F)(F)F. The van der Waals surface area contributed by atoms with E-state index in [4.69, 9.17) is 11.5 Å². The van der Waals surface area contributed by atoms with E-state index in [0.717, 1.165) is 12.1 Å². The Labute approximate surface area is 140 Å². The smallest absolute Gasteiger partial charge is 0.368 e. The number of halogens is 7. The fraction of sp³-hybridized carbons (Fsp3) is 0.333. The van der Waals surface area contributed by atoms with Crippen LogP contribution in [-0.4, -0.2) is 26.7 Å². The molecule has 0 amide bonds. The molecule has 0 unspecified atom stereocenters. The maximum atomic E-state index is 14.2. The van der Waals surface area contributed by atoms with Crippen molar-refractivity contribution in [2.24, 2.45) is 5.73 Å². The van der Waals surface area contributed by atoms with Gasteiger partial charge in [-0.15, -0.1) is 16.9 Å². The highest BCUT2D eigenvalue weighted by Gasteiger charge is 2.37. The molecule has 5 nitrogen and oxygen atoms in total. The molecule has 0 aliphatic carbocycles. The molecule has 0 bridgehead atoms. The van der Waals surface area contributed by atoms with E-state index < -0.39 is 41.4 Å². The summed E-state index contributed by atoms with van der Waals surface area (Å²) in [5.74, 6) is -4.71. The summed E-state index contributed by atoms with van der Waals surface area (Å²) in [6.45, 7) is -0.266. The Morgan fingerprint density at radius 3 is 2.24 bits per heavy atom. The van der Waals surface area contributed by atoms with Gasteiger partial charge in [0.1, 0.15) is 11.5 Å². The van der Waals surface area contributed by atoms with Gasteiger partial charge in [-0.3, -0.25) is 0 Å². The van der Waals surface area contributed by atoms with Crippen LogP contribution in [0.4, 0.5) is 36.7 Å². The Hall–Kier alpha value is -2.02. The Balaban J connectivity index is 2.50. The monoisotopic (exact) mass is 389 g/mol. The van der Waals surface area contributed by atoms with Crippen molar-refractivity contribution in [1.29, 1.82) is 0 Å². The highest BCUT2D eigenvalue weighted by Crippen LogP contribution is 2.33. The second kappa shape index (κ2) is 6.71. The summed E-state index contributed by atoms with van der Waals surface area (Å²) in [7, 11) is 0. The van der Waals surface area contributed by atoms with Gasteiger partial charge in [-0.1, -0.05) is 0 Å². The molecule has 0 saturated heterocycles. The molecule has 0 aliphatic heterocycles. The molecule has 0 saturated carbocycles. The summed E-state index contributed by atoms with van der Waals surface area (Å²) < 4.78 is 89.5. The molecule has 0 spiro atoms. The van der Waals surface area contributed by atoms with Gasteiger partial charge in [0.05, 0.1) is 5.75 Å². The van der Waals surface area contributed by atoms with Crippen molar-refractivity contribution in [3.05, 3.63) is 29.3 Å². The molecule has 0 radical (unpaired) electrons. The van der Waals surface area contributed by atoms with Gasteiger partial charge in [-0.2, -0.15) is 36.0 Å². The number of hydrogen-bond acceptors (Lipinski definition) is 5. The summed E-state index contributed by atoms with van der Waals surface area (Å²) in [5, 5.41) is 3.07. The molecule has 13 heteroatoms. The number of benzene rings is 1. The molecule has 25 heavy (non-hydrogen) atoms. The molecule has 4 N–H and O–H groups in total. The molecule has 0 fully saturated rings. The molecule has 2 rings (SSSR count). The van der Waals surface area contributed by atoms with Crippen molar-refractivity contribution >= 4 is 17.7 Å². The van der Waals surface area contributed by atoms with Crippen LogP contribution in [0, 0.1) is 5.82 Å². The van der Waals surface area contributed by atoms with E-state index in [1.165, 1.54) is 0 Å². The van der Waals surface area contributed by atoms with Crippen LogP contribution in [0.2, 0.25) is 0 Å².